The van der Waals surface area contributed by atoms with Crippen molar-refractivity contribution in [2.45, 2.75) is 65.7 Å². The number of benzene rings is 2. The van der Waals surface area contributed by atoms with Crippen LogP contribution in [0.25, 0.3) is 10.8 Å². The lowest BCUT2D eigenvalue weighted by molar-refractivity contribution is 0.180. The average molecular weight is 294 g/mol. The molecule has 3 atom stereocenters. The van der Waals surface area contributed by atoms with Gasteiger partial charge in [-0.05, 0) is 58.4 Å². The molecule has 1 aliphatic rings. The van der Waals surface area contributed by atoms with Crippen LogP contribution < -0.4 is 0 Å². The third kappa shape index (κ3) is 2.57. The van der Waals surface area contributed by atoms with Gasteiger partial charge < -0.3 is 0 Å². The number of rotatable bonds is 4. The summed E-state index contributed by atoms with van der Waals surface area (Å²) in [7, 11) is 0. The predicted octanol–water partition coefficient (Wildman–Crippen LogP) is 6.72. The van der Waals surface area contributed by atoms with Gasteiger partial charge in [0, 0.05) is 0 Å². The summed E-state index contributed by atoms with van der Waals surface area (Å²) in [6, 6.07) is 13.7. The Morgan fingerprint density at radius 2 is 1.91 bits per heavy atom. The SMILES string of the molecule is CCC(C)C[C@H]1c2ccc3ccccc3c2CC[C@]1(C)CC. The normalized spacial score (nSPS) is 25.9. The Labute approximate surface area is 135 Å². The van der Waals surface area contributed by atoms with Crippen molar-refractivity contribution in [2.75, 3.05) is 0 Å². The highest BCUT2D eigenvalue weighted by Gasteiger charge is 2.38. The van der Waals surface area contributed by atoms with Gasteiger partial charge in [0.2, 0.25) is 0 Å². The summed E-state index contributed by atoms with van der Waals surface area (Å²) in [6.45, 7) is 9.66. The van der Waals surface area contributed by atoms with Crippen LogP contribution in [-0.2, 0) is 6.42 Å². The largest absolute Gasteiger partial charge is 0.0651 e. The van der Waals surface area contributed by atoms with Crippen LogP contribution >= 0.6 is 0 Å². The Bertz CT molecular complexity index is 654. The highest BCUT2D eigenvalue weighted by atomic mass is 14.4. The van der Waals surface area contributed by atoms with E-state index in [4.69, 9.17) is 0 Å². The number of hydrogen-bond donors (Lipinski definition) is 0. The van der Waals surface area contributed by atoms with E-state index in [1.165, 1.54) is 42.9 Å². The summed E-state index contributed by atoms with van der Waals surface area (Å²) in [5, 5.41) is 2.90. The Balaban J connectivity index is 2.12. The second-order valence-corrected chi connectivity index (χ2v) is 7.66. The third-order valence-electron chi connectivity index (χ3n) is 6.38. The van der Waals surface area contributed by atoms with Crippen molar-refractivity contribution in [1.82, 2.24) is 0 Å². The van der Waals surface area contributed by atoms with Crippen molar-refractivity contribution in [3.05, 3.63) is 47.5 Å². The molecule has 0 spiro atoms. The van der Waals surface area contributed by atoms with Gasteiger partial charge in [0.1, 0.15) is 0 Å². The lowest BCUT2D eigenvalue weighted by Gasteiger charge is -2.44. The summed E-state index contributed by atoms with van der Waals surface area (Å²) in [5.41, 5.74) is 3.76. The van der Waals surface area contributed by atoms with E-state index in [0.29, 0.717) is 5.41 Å². The molecule has 0 saturated carbocycles. The molecular weight excluding hydrogens is 264 g/mol. The van der Waals surface area contributed by atoms with E-state index in [0.717, 1.165) is 11.8 Å². The van der Waals surface area contributed by atoms with E-state index in [2.05, 4.69) is 64.1 Å². The second kappa shape index (κ2) is 6.07. The van der Waals surface area contributed by atoms with Crippen molar-refractivity contribution in [1.29, 1.82) is 0 Å². The second-order valence-electron chi connectivity index (χ2n) is 7.66. The molecule has 2 aromatic rings. The summed E-state index contributed by atoms with van der Waals surface area (Å²) in [6.07, 6.45) is 6.51. The predicted molar refractivity (Wildman–Crippen MR) is 97.5 cm³/mol. The van der Waals surface area contributed by atoms with E-state index < -0.39 is 0 Å². The summed E-state index contributed by atoms with van der Waals surface area (Å²) in [5.74, 6) is 1.54. The molecule has 0 amide bonds. The summed E-state index contributed by atoms with van der Waals surface area (Å²) >= 11 is 0. The summed E-state index contributed by atoms with van der Waals surface area (Å²) in [4.78, 5) is 0. The van der Waals surface area contributed by atoms with E-state index in [9.17, 15) is 0 Å². The van der Waals surface area contributed by atoms with Gasteiger partial charge in [0.05, 0.1) is 0 Å². The molecule has 0 bridgehead atoms. The highest BCUT2D eigenvalue weighted by Crippen LogP contribution is 2.51. The van der Waals surface area contributed by atoms with Gasteiger partial charge in [-0.25, -0.2) is 0 Å². The van der Waals surface area contributed by atoms with Crippen molar-refractivity contribution >= 4 is 10.8 Å². The van der Waals surface area contributed by atoms with Crippen LogP contribution in [0.4, 0.5) is 0 Å². The molecule has 0 aromatic heterocycles. The molecule has 118 valence electrons. The van der Waals surface area contributed by atoms with Gasteiger partial charge in [-0.2, -0.15) is 0 Å². The molecule has 0 N–H and O–H groups in total. The Kier molecular flexibility index (Phi) is 4.30. The van der Waals surface area contributed by atoms with E-state index in [1.54, 1.807) is 11.1 Å². The van der Waals surface area contributed by atoms with Crippen molar-refractivity contribution in [3.63, 3.8) is 0 Å². The maximum absolute atomic E-state index is 2.53. The molecule has 1 aliphatic carbocycles. The van der Waals surface area contributed by atoms with Crippen LogP contribution in [0.1, 0.15) is 70.4 Å². The Morgan fingerprint density at radius 3 is 2.64 bits per heavy atom. The maximum atomic E-state index is 2.53. The minimum atomic E-state index is 0.471. The lowest BCUT2D eigenvalue weighted by Crippen LogP contribution is -2.32. The first-order valence-corrected chi connectivity index (χ1v) is 9.09. The molecular formula is C22H30. The first kappa shape index (κ1) is 15.6. The molecule has 0 fully saturated rings. The Hall–Kier alpha value is -1.30. The molecule has 2 aromatic carbocycles. The first-order valence-electron chi connectivity index (χ1n) is 9.09. The fourth-order valence-corrected chi connectivity index (χ4v) is 4.32. The zero-order valence-corrected chi connectivity index (χ0v) is 14.7. The number of fused-ring (bicyclic) bond motifs is 3. The van der Waals surface area contributed by atoms with Gasteiger partial charge in [-0.3, -0.25) is 0 Å². The van der Waals surface area contributed by atoms with Crippen LogP contribution in [0.3, 0.4) is 0 Å². The average Bonchev–Trinajstić information content (AvgIpc) is 2.56. The molecule has 3 rings (SSSR count). The van der Waals surface area contributed by atoms with Crippen LogP contribution in [-0.4, -0.2) is 0 Å². The zero-order valence-electron chi connectivity index (χ0n) is 14.7. The Morgan fingerprint density at radius 1 is 1.14 bits per heavy atom. The van der Waals surface area contributed by atoms with Crippen LogP contribution in [0, 0.1) is 11.3 Å². The van der Waals surface area contributed by atoms with Crippen LogP contribution in [0.2, 0.25) is 0 Å². The maximum Gasteiger partial charge on any atom is -0.0102 e. The molecule has 0 nitrogen and oxygen atoms in total. The van der Waals surface area contributed by atoms with Crippen LogP contribution in [0.15, 0.2) is 36.4 Å². The molecule has 0 heteroatoms. The summed E-state index contributed by atoms with van der Waals surface area (Å²) < 4.78 is 0. The molecule has 0 radical (unpaired) electrons. The first-order chi connectivity index (χ1) is 10.6. The van der Waals surface area contributed by atoms with E-state index >= 15 is 0 Å². The van der Waals surface area contributed by atoms with E-state index in [1.807, 2.05) is 0 Å². The monoisotopic (exact) mass is 294 g/mol. The minimum Gasteiger partial charge on any atom is -0.0651 e. The molecule has 0 heterocycles. The van der Waals surface area contributed by atoms with Gasteiger partial charge in [-0.1, -0.05) is 76.9 Å². The zero-order chi connectivity index (χ0) is 15.7. The third-order valence-corrected chi connectivity index (χ3v) is 6.38. The standard InChI is InChI=1S/C22H30/c1-5-16(3)15-21-20-12-11-17-9-7-8-10-18(17)19(20)13-14-22(21,4)6-2/h7-12,16,21H,5-6,13-15H2,1-4H3/t16?,21-,22-/m0/s1. The van der Waals surface area contributed by atoms with Gasteiger partial charge in [0.25, 0.3) is 0 Å². The van der Waals surface area contributed by atoms with Gasteiger partial charge in [0.15, 0.2) is 0 Å². The minimum absolute atomic E-state index is 0.471. The van der Waals surface area contributed by atoms with Crippen molar-refractivity contribution < 1.29 is 0 Å². The smallest absolute Gasteiger partial charge is 0.0102 e. The highest BCUT2D eigenvalue weighted by molar-refractivity contribution is 5.87. The fourth-order valence-electron chi connectivity index (χ4n) is 4.32. The number of aryl methyl sites for hydroxylation is 1. The van der Waals surface area contributed by atoms with Crippen LogP contribution in [0.5, 0.6) is 0 Å². The quantitative estimate of drug-likeness (QED) is 0.587. The topological polar surface area (TPSA) is 0 Å². The fraction of sp³-hybridized carbons (Fsp3) is 0.545. The molecule has 0 aliphatic heterocycles. The molecule has 22 heavy (non-hydrogen) atoms. The van der Waals surface area contributed by atoms with Crippen molar-refractivity contribution in [2.24, 2.45) is 11.3 Å². The molecule has 0 saturated heterocycles. The number of hydrogen-bond acceptors (Lipinski definition) is 0. The van der Waals surface area contributed by atoms with E-state index in [-0.39, 0.29) is 0 Å². The van der Waals surface area contributed by atoms with Crippen molar-refractivity contribution in [3.8, 4) is 0 Å². The lowest BCUT2D eigenvalue weighted by atomic mass is 9.61. The molecule has 1 unspecified atom stereocenters. The van der Waals surface area contributed by atoms with Gasteiger partial charge in [-0.15, -0.1) is 0 Å². The van der Waals surface area contributed by atoms with Gasteiger partial charge >= 0.3 is 0 Å².